The van der Waals surface area contributed by atoms with Crippen molar-refractivity contribution in [3.8, 4) is 0 Å². The third-order valence-corrected chi connectivity index (χ3v) is 4.29. The van der Waals surface area contributed by atoms with Crippen molar-refractivity contribution in [2.75, 3.05) is 4.90 Å². The third-order valence-electron chi connectivity index (χ3n) is 4.29. The van der Waals surface area contributed by atoms with Crippen molar-refractivity contribution in [1.82, 2.24) is 15.1 Å². The van der Waals surface area contributed by atoms with E-state index in [0.717, 1.165) is 18.5 Å². The molecule has 21 heavy (non-hydrogen) atoms. The van der Waals surface area contributed by atoms with Gasteiger partial charge >= 0.3 is 0 Å². The summed E-state index contributed by atoms with van der Waals surface area (Å²) in [7, 11) is 0. The number of rotatable bonds is 4. The van der Waals surface area contributed by atoms with Crippen molar-refractivity contribution in [3.63, 3.8) is 0 Å². The largest absolute Gasteiger partial charge is 0.342 e. The molecule has 1 saturated heterocycles. The van der Waals surface area contributed by atoms with E-state index >= 15 is 0 Å². The molecule has 0 aromatic carbocycles. The number of carbonyl (C=O) groups is 2. The fraction of sp³-hybridized carbons (Fsp3) is 0.667. The molecule has 3 rings (SSSR count). The molecule has 2 heterocycles. The molecule has 0 bridgehead atoms. The van der Waals surface area contributed by atoms with Crippen LogP contribution in [0.25, 0.3) is 0 Å². The van der Waals surface area contributed by atoms with Gasteiger partial charge in [-0.15, -0.1) is 0 Å². The number of piperazine rings is 1. The summed E-state index contributed by atoms with van der Waals surface area (Å²) in [5.74, 6) is 0.264. The molecule has 6 nitrogen and oxygen atoms in total. The Hall–Kier alpha value is -1.85. The van der Waals surface area contributed by atoms with E-state index in [2.05, 4.69) is 10.4 Å². The van der Waals surface area contributed by atoms with Crippen LogP contribution in [0.3, 0.4) is 0 Å². The van der Waals surface area contributed by atoms with Gasteiger partial charge in [0, 0.05) is 12.2 Å². The van der Waals surface area contributed by atoms with E-state index in [1.807, 2.05) is 31.6 Å². The van der Waals surface area contributed by atoms with Crippen molar-refractivity contribution >= 4 is 17.5 Å². The smallest absolute Gasteiger partial charge is 0.250 e. The van der Waals surface area contributed by atoms with Crippen LogP contribution in [0.4, 0.5) is 5.69 Å². The van der Waals surface area contributed by atoms with Gasteiger partial charge in [0.15, 0.2) is 0 Å². The lowest BCUT2D eigenvalue weighted by atomic mass is 10.0. The molecule has 2 fully saturated rings. The number of aromatic nitrogens is 2. The number of nitrogens with one attached hydrogen (secondary N) is 1. The van der Waals surface area contributed by atoms with Gasteiger partial charge in [-0.25, -0.2) is 0 Å². The summed E-state index contributed by atoms with van der Waals surface area (Å²) in [6.45, 7) is 5.99. The molecule has 2 unspecified atom stereocenters. The fourth-order valence-electron chi connectivity index (χ4n) is 2.89. The average Bonchev–Trinajstić information content (AvgIpc) is 3.17. The van der Waals surface area contributed by atoms with Crippen LogP contribution in [-0.4, -0.2) is 33.7 Å². The minimum absolute atomic E-state index is 0.00672. The van der Waals surface area contributed by atoms with E-state index < -0.39 is 6.04 Å². The zero-order valence-corrected chi connectivity index (χ0v) is 12.7. The zero-order chi connectivity index (χ0) is 15.1. The minimum atomic E-state index is -0.433. The highest BCUT2D eigenvalue weighted by Crippen LogP contribution is 2.36. The lowest BCUT2D eigenvalue weighted by Crippen LogP contribution is -2.64. The van der Waals surface area contributed by atoms with Gasteiger partial charge in [0.05, 0.1) is 11.9 Å². The summed E-state index contributed by atoms with van der Waals surface area (Å²) in [6.07, 6.45) is 6.18. The second-order valence-corrected chi connectivity index (χ2v) is 6.23. The predicted molar refractivity (Wildman–Crippen MR) is 78.8 cm³/mol. The monoisotopic (exact) mass is 290 g/mol. The molecule has 0 radical (unpaired) electrons. The molecule has 0 spiro atoms. The van der Waals surface area contributed by atoms with Gasteiger partial charge in [-0.05, 0) is 39.0 Å². The Bertz CT molecular complexity index is 562. The lowest BCUT2D eigenvalue weighted by molar-refractivity contribution is -0.134. The molecule has 1 N–H and O–H groups in total. The number of amides is 2. The van der Waals surface area contributed by atoms with Gasteiger partial charge in [0.25, 0.3) is 5.91 Å². The second-order valence-electron chi connectivity index (χ2n) is 6.23. The highest BCUT2D eigenvalue weighted by Gasteiger charge is 2.47. The molecule has 1 aromatic rings. The fourth-order valence-corrected chi connectivity index (χ4v) is 2.89. The van der Waals surface area contributed by atoms with E-state index in [0.29, 0.717) is 12.3 Å². The first-order valence-electron chi connectivity index (χ1n) is 7.70. The van der Waals surface area contributed by atoms with Crippen LogP contribution in [-0.2, 0) is 9.59 Å². The first-order chi connectivity index (χ1) is 10.0. The standard InChI is InChI=1S/C15H22N4O2/c1-4-12-14(20)17-13(10-5-6-10)15(21)19(12)11-7-16-18(8-11)9(2)3/h7-10,12-13H,4-6H2,1-3H3,(H,17,20). The van der Waals surface area contributed by atoms with Crippen molar-refractivity contribution in [1.29, 1.82) is 0 Å². The summed E-state index contributed by atoms with van der Waals surface area (Å²) in [4.78, 5) is 26.7. The van der Waals surface area contributed by atoms with E-state index in [1.165, 1.54) is 0 Å². The zero-order valence-electron chi connectivity index (χ0n) is 12.7. The SMILES string of the molecule is CCC1C(=O)NC(C2CC2)C(=O)N1c1cnn(C(C)C)c1. The van der Waals surface area contributed by atoms with Crippen LogP contribution in [0.15, 0.2) is 12.4 Å². The van der Waals surface area contributed by atoms with Gasteiger partial charge < -0.3 is 5.32 Å². The molecule has 1 aliphatic heterocycles. The van der Waals surface area contributed by atoms with Crippen LogP contribution in [0.1, 0.15) is 46.1 Å². The number of hydrogen-bond acceptors (Lipinski definition) is 3. The van der Waals surface area contributed by atoms with Gasteiger partial charge in [-0.2, -0.15) is 5.10 Å². The van der Waals surface area contributed by atoms with Crippen LogP contribution in [0.2, 0.25) is 0 Å². The van der Waals surface area contributed by atoms with E-state index in [4.69, 9.17) is 0 Å². The highest BCUT2D eigenvalue weighted by atomic mass is 16.2. The van der Waals surface area contributed by atoms with E-state index in [9.17, 15) is 9.59 Å². The highest BCUT2D eigenvalue weighted by molar-refractivity contribution is 6.08. The second kappa shape index (κ2) is 5.16. The molecule has 2 aliphatic rings. The van der Waals surface area contributed by atoms with Crippen molar-refractivity contribution in [2.45, 2.75) is 58.2 Å². The number of anilines is 1. The Kier molecular flexibility index (Phi) is 3.47. The maximum atomic E-state index is 12.8. The molecule has 114 valence electrons. The van der Waals surface area contributed by atoms with Crippen LogP contribution in [0.5, 0.6) is 0 Å². The molecule has 6 heteroatoms. The topological polar surface area (TPSA) is 67.2 Å². The molecular weight excluding hydrogens is 268 g/mol. The molecule has 2 amide bonds. The first kappa shape index (κ1) is 14.1. The maximum Gasteiger partial charge on any atom is 0.250 e. The summed E-state index contributed by atoms with van der Waals surface area (Å²) in [5, 5.41) is 7.20. The number of hydrogen-bond donors (Lipinski definition) is 1. The summed E-state index contributed by atoms with van der Waals surface area (Å²) in [5.41, 5.74) is 0.723. The van der Waals surface area contributed by atoms with Crippen molar-refractivity contribution in [2.24, 2.45) is 5.92 Å². The summed E-state index contributed by atoms with van der Waals surface area (Å²) in [6, 6.07) is -0.563. The number of carbonyl (C=O) groups excluding carboxylic acids is 2. The lowest BCUT2D eigenvalue weighted by Gasteiger charge is -2.38. The Labute approximate surface area is 124 Å². The predicted octanol–water partition coefficient (Wildman–Crippen LogP) is 1.48. The van der Waals surface area contributed by atoms with E-state index in [1.54, 1.807) is 11.1 Å². The van der Waals surface area contributed by atoms with E-state index in [-0.39, 0.29) is 23.9 Å². The van der Waals surface area contributed by atoms with Crippen LogP contribution in [0, 0.1) is 5.92 Å². The quantitative estimate of drug-likeness (QED) is 0.913. The van der Waals surface area contributed by atoms with Crippen LogP contribution < -0.4 is 10.2 Å². The van der Waals surface area contributed by atoms with Gasteiger partial charge in [0.2, 0.25) is 5.91 Å². The molecule has 2 atom stereocenters. The minimum Gasteiger partial charge on any atom is -0.342 e. The molecular formula is C15H22N4O2. The van der Waals surface area contributed by atoms with Crippen LogP contribution >= 0.6 is 0 Å². The van der Waals surface area contributed by atoms with Crippen molar-refractivity contribution < 1.29 is 9.59 Å². The average molecular weight is 290 g/mol. The molecule has 1 aliphatic carbocycles. The summed E-state index contributed by atoms with van der Waals surface area (Å²) >= 11 is 0. The molecule has 1 aromatic heterocycles. The normalized spacial score (nSPS) is 26.4. The van der Waals surface area contributed by atoms with Gasteiger partial charge in [-0.1, -0.05) is 6.92 Å². The Morgan fingerprint density at radius 1 is 1.38 bits per heavy atom. The van der Waals surface area contributed by atoms with Crippen molar-refractivity contribution in [3.05, 3.63) is 12.4 Å². The van der Waals surface area contributed by atoms with Gasteiger partial charge in [-0.3, -0.25) is 19.2 Å². The Balaban J connectivity index is 1.93. The van der Waals surface area contributed by atoms with Gasteiger partial charge in [0.1, 0.15) is 12.1 Å². The summed E-state index contributed by atoms with van der Waals surface area (Å²) < 4.78 is 1.81. The Morgan fingerprint density at radius 2 is 2.10 bits per heavy atom. The first-order valence-corrected chi connectivity index (χ1v) is 7.70. The third kappa shape index (κ3) is 2.43. The maximum absolute atomic E-state index is 12.8. The molecule has 1 saturated carbocycles. The Morgan fingerprint density at radius 3 is 2.62 bits per heavy atom. The number of nitrogens with zero attached hydrogens (tertiary/aromatic N) is 3.